The molecule has 5 nitrogen and oxygen atoms in total. The first-order valence-electron chi connectivity index (χ1n) is 6.82. The van der Waals surface area contributed by atoms with Crippen LogP contribution in [-0.2, 0) is 4.74 Å². The van der Waals surface area contributed by atoms with Crippen molar-refractivity contribution >= 4 is 17.5 Å². The zero-order chi connectivity index (χ0) is 14.8. The predicted molar refractivity (Wildman–Crippen MR) is 79.2 cm³/mol. The SMILES string of the molecule is C[C@@H]1CO[C@@H](c2cccc(Cl)c2)CN1C(=O)c1ccn[nH]1. The van der Waals surface area contributed by atoms with Gasteiger partial charge in [-0.05, 0) is 30.7 Å². The normalized spacial score (nSPS) is 22.3. The number of H-pyrrole nitrogens is 1. The van der Waals surface area contributed by atoms with Gasteiger partial charge in [0.2, 0.25) is 0 Å². The van der Waals surface area contributed by atoms with E-state index in [1.807, 2.05) is 36.1 Å². The Labute approximate surface area is 127 Å². The quantitative estimate of drug-likeness (QED) is 0.928. The molecule has 6 heteroatoms. The van der Waals surface area contributed by atoms with E-state index in [1.165, 1.54) is 0 Å². The van der Waals surface area contributed by atoms with Gasteiger partial charge < -0.3 is 9.64 Å². The first-order chi connectivity index (χ1) is 10.1. The van der Waals surface area contributed by atoms with Crippen molar-refractivity contribution in [1.82, 2.24) is 15.1 Å². The van der Waals surface area contributed by atoms with Gasteiger partial charge >= 0.3 is 0 Å². The van der Waals surface area contributed by atoms with Gasteiger partial charge in [0.25, 0.3) is 5.91 Å². The minimum absolute atomic E-state index is 0.0243. The molecule has 3 rings (SSSR count). The van der Waals surface area contributed by atoms with E-state index in [-0.39, 0.29) is 18.1 Å². The molecule has 1 aromatic heterocycles. The maximum absolute atomic E-state index is 12.5. The lowest BCUT2D eigenvalue weighted by Crippen LogP contribution is -2.48. The highest BCUT2D eigenvalue weighted by atomic mass is 35.5. The first-order valence-corrected chi connectivity index (χ1v) is 7.20. The molecule has 0 spiro atoms. The zero-order valence-corrected chi connectivity index (χ0v) is 12.4. The number of carbonyl (C=O) groups excluding carboxylic acids is 1. The molecule has 21 heavy (non-hydrogen) atoms. The van der Waals surface area contributed by atoms with Crippen molar-refractivity contribution in [3.05, 3.63) is 52.8 Å². The smallest absolute Gasteiger partial charge is 0.272 e. The highest BCUT2D eigenvalue weighted by molar-refractivity contribution is 6.30. The third-order valence-electron chi connectivity index (χ3n) is 3.65. The molecule has 1 saturated heterocycles. The van der Waals surface area contributed by atoms with Gasteiger partial charge in [-0.15, -0.1) is 0 Å². The van der Waals surface area contributed by atoms with Crippen LogP contribution in [0.2, 0.25) is 5.02 Å². The lowest BCUT2D eigenvalue weighted by atomic mass is 10.1. The summed E-state index contributed by atoms with van der Waals surface area (Å²) >= 11 is 6.02. The minimum atomic E-state index is -0.160. The average molecular weight is 306 g/mol. The molecule has 2 aromatic rings. The number of hydrogen-bond acceptors (Lipinski definition) is 3. The average Bonchev–Trinajstić information content (AvgIpc) is 3.01. The Morgan fingerprint density at radius 2 is 2.33 bits per heavy atom. The van der Waals surface area contributed by atoms with Crippen molar-refractivity contribution in [1.29, 1.82) is 0 Å². The van der Waals surface area contributed by atoms with E-state index in [4.69, 9.17) is 16.3 Å². The summed E-state index contributed by atoms with van der Waals surface area (Å²) in [5.41, 5.74) is 1.48. The lowest BCUT2D eigenvalue weighted by Gasteiger charge is -2.38. The van der Waals surface area contributed by atoms with E-state index < -0.39 is 0 Å². The predicted octanol–water partition coefficient (Wildman–Crippen LogP) is 2.67. The van der Waals surface area contributed by atoms with Crippen LogP contribution in [-0.4, -0.2) is 40.2 Å². The molecule has 0 bridgehead atoms. The van der Waals surface area contributed by atoms with Crippen LogP contribution in [0.25, 0.3) is 0 Å². The van der Waals surface area contributed by atoms with Gasteiger partial charge in [0.1, 0.15) is 11.8 Å². The number of amides is 1. The summed E-state index contributed by atoms with van der Waals surface area (Å²) < 4.78 is 5.85. The highest BCUT2D eigenvalue weighted by Gasteiger charge is 2.31. The van der Waals surface area contributed by atoms with Crippen LogP contribution in [0, 0.1) is 0 Å². The summed E-state index contributed by atoms with van der Waals surface area (Å²) in [5.74, 6) is -0.0599. The van der Waals surface area contributed by atoms with Crippen molar-refractivity contribution in [3.63, 3.8) is 0 Å². The molecule has 1 aliphatic heterocycles. The Hall–Kier alpha value is -1.85. The van der Waals surface area contributed by atoms with Crippen LogP contribution in [0.15, 0.2) is 36.5 Å². The van der Waals surface area contributed by atoms with Gasteiger partial charge in [-0.3, -0.25) is 9.89 Å². The Kier molecular flexibility index (Phi) is 3.94. The van der Waals surface area contributed by atoms with E-state index in [9.17, 15) is 4.79 Å². The third-order valence-corrected chi connectivity index (χ3v) is 3.88. The Balaban J connectivity index is 1.80. The molecule has 1 fully saturated rings. The lowest BCUT2D eigenvalue weighted by molar-refractivity contribution is -0.0488. The molecule has 0 saturated carbocycles. The number of aromatic amines is 1. The Morgan fingerprint density at radius 1 is 1.48 bits per heavy atom. The van der Waals surface area contributed by atoms with Crippen LogP contribution in [0.5, 0.6) is 0 Å². The number of halogens is 1. The molecule has 0 unspecified atom stereocenters. The summed E-state index contributed by atoms with van der Waals surface area (Å²) in [6, 6.07) is 9.26. The van der Waals surface area contributed by atoms with Gasteiger partial charge in [0, 0.05) is 11.2 Å². The van der Waals surface area contributed by atoms with Crippen LogP contribution < -0.4 is 0 Å². The number of nitrogens with one attached hydrogen (secondary N) is 1. The molecule has 1 aliphatic rings. The fourth-order valence-corrected chi connectivity index (χ4v) is 2.68. The van der Waals surface area contributed by atoms with Crippen LogP contribution >= 0.6 is 11.6 Å². The number of ether oxygens (including phenoxy) is 1. The van der Waals surface area contributed by atoms with Crippen molar-refractivity contribution in [2.75, 3.05) is 13.2 Å². The van der Waals surface area contributed by atoms with Gasteiger partial charge in [0.05, 0.1) is 19.2 Å². The maximum Gasteiger partial charge on any atom is 0.272 e. The number of nitrogens with zero attached hydrogens (tertiary/aromatic N) is 2. The molecule has 2 atom stereocenters. The highest BCUT2D eigenvalue weighted by Crippen LogP contribution is 2.27. The van der Waals surface area contributed by atoms with E-state index in [2.05, 4.69) is 10.2 Å². The standard InChI is InChI=1S/C15H16ClN3O2/c1-10-9-21-14(11-3-2-4-12(16)7-11)8-19(10)15(20)13-5-6-17-18-13/h2-7,10,14H,8-9H2,1H3,(H,17,18)/t10-,14-/m1/s1. The molecule has 2 heterocycles. The molecular formula is C15H16ClN3O2. The number of carbonyl (C=O) groups is 1. The molecule has 110 valence electrons. The molecule has 1 N–H and O–H groups in total. The van der Waals surface area contributed by atoms with Crippen molar-refractivity contribution in [2.24, 2.45) is 0 Å². The number of rotatable bonds is 2. The molecule has 0 aliphatic carbocycles. The summed E-state index contributed by atoms with van der Waals surface area (Å²) in [6.07, 6.45) is 1.42. The maximum atomic E-state index is 12.5. The molecule has 1 aromatic carbocycles. The monoisotopic (exact) mass is 305 g/mol. The number of morpholine rings is 1. The second-order valence-electron chi connectivity index (χ2n) is 5.15. The Morgan fingerprint density at radius 3 is 3.05 bits per heavy atom. The molecule has 0 radical (unpaired) electrons. The second-order valence-corrected chi connectivity index (χ2v) is 5.59. The van der Waals surface area contributed by atoms with Gasteiger partial charge in [-0.25, -0.2) is 0 Å². The van der Waals surface area contributed by atoms with Crippen LogP contribution in [0.3, 0.4) is 0 Å². The van der Waals surface area contributed by atoms with E-state index in [1.54, 1.807) is 12.3 Å². The summed E-state index contributed by atoms with van der Waals surface area (Å²) in [6.45, 7) is 2.97. The minimum Gasteiger partial charge on any atom is -0.370 e. The van der Waals surface area contributed by atoms with Crippen molar-refractivity contribution in [3.8, 4) is 0 Å². The third kappa shape index (κ3) is 2.94. The first kappa shape index (κ1) is 14.1. The molecular weight excluding hydrogens is 290 g/mol. The molecule has 1 amide bonds. The topological polar surface area (TPSA) is 58.2 Å². The Bertz CT molecular complexity index is 630. The van der Waals surface area contributed by atoms with Crippen molar-refractivity contribution < 1.29 is 9.53 Å². The van der Waals surface area contributed by atoms with Gasteiger partial charge in [-0.1, -0.05) is 23.7 Å². The second kappa shape index (κ2) is 5.87. The van der Waals surface area contributed by atoms with E-state index in [0.717, 1.165) is 5.56 Å². The largest absolute Gasteiger partial charge is 0.370 e. The summed E-state index contributed by atoms with van der Waals surface area (Å²) in [4.78, 5) is 14.3. The summed E-state index contributed by atoms with van der Waals surface area (Å²) in [7, 11) is 0. The van der Waals surface area contributed by atoms with E-state index in [0.29, 0.717) is 23.9 Å². The summed E-state index contributed by atoms with van der Waals surface area (Å²) in [5, 5.41) is 7.21. The van der Waals surface area contributed by atoms with Crippen LogP contribution in [0.4, 0.5) is 0 Å². The van der Waals surface area contributed by atoms with E-state index >= 15 is 0 Å². The van der Waals surface area contributed by atoms with Crippen molar-refractivity contribution in [2.45, 2.75) is 19.1 Å². The fraction of sp³-hybridized carbons (Fsp3) is 0.333. The zero-order valence-electron chi connectivity index (χ0n) is 11.6. The van der Waals surface area contributed by atoms with Gasteiger partial charge in [-0.2, -0.15) is 5.10 Å². The number of hydrogen-bond donors (Lipinski definition) is 1. The fourth-order valence-electron chi connectivity index (χ4n) is 2.48. The van der Waals surface area contributed by atoms with Gasteiger partial charge in [0.15, 0.2) is 0 Å². The number of aromatic nitrogens is 2. The number of benzene rings is 1. The van der Waals surface area contributed by atoms with Crippen LogP contribution in [0.1, 0.15) is 29.1 Å².